The summed E-state index contributed by atoms with van der Waals surface area (Å²) in [6, 6.07) is 10.6. The predicted molar refractivity (Wildman–Crippen MR) is 128 cm³/mol. The van der Waals surface area contributed by atoms with Crippen LogP contribution in [0.1, 0.15) is 24.5 Å². The van der Waals surface area contributed by atoms with Crippen molar-refractivity contribution in [2.75, 3.05) is 25.6 Å². The van der Waals surface area contributed by atoms with Crippen LogP contribution in [0, 0.1) is 10.5 Å². The van der Waals surface area contributed by atoms with E-state index < -0.39 is 17.8 Å². The first-order valence-corrected chi connectivity index (χ1v) is 10.7. The highest BCUT2D eigenvalue weighted by Crippen LogP contribution is 2.33. The normalized spacial score (nSPS) is 10.5. The van der Waals surface area contributed by atoms with Crippen molar-refractivity contribution < 1.29 is 28.6 Å². The largest absolute Gasteiger partial charge is 0.493 e. The molecular formula is C22H24IN3O6. The smallest absolute Gasteiger partial charge is 0.344 e. The van der Waals surface area contributed by atoms with Gasteiger partial charge in [0.05, 0.1) is 23.5 Å². The summed E-state index contributed by atoms with van der Waals surface area (Å²) in [4.78, 5) is 35.4. The number of nitrogens with zero attached hydrogens (tertiary/aromatic N) is 1. The molecule has 0 unspecified atom stereocenters. The second-order valence-electron chi connectivity index (χ2n) is 6.51. The molecule has 2 N–H and O–H groups in total. The maximum atomic E-state index is 12.0. The van der Waals surface area contributed by atoms with Crippen molar-refractivity contribution in [3.8, 4) is 11.5 Å². The summed E-state index contributed by atoms with van der Waals surface area (Å²) >= 11 is 2.04. The lowest BCUT2D eigenvalue weighted by atomic mass is 10.2. The van der Waals surface area contributed by atoms with E-state index in [1.54, 1.807) is 31.2 Å². The molecule has 0 aromatic heterocycles. The third-order valence-electron chi connectivity index (χ3n) is 3.95. The van der Waals surface area contributed by atoms with Crippen LogP contribution in [-0.4, -0.2) is 44.3 Å². The summed E-state index contributed by atoms with van der Waals surface area (Å²) in [7, 11) is 1.47. The second-order valence-corrected chi connectivity index (χ2v) is 7.67. The van der Waals surface area contributed by atoms with Crippen LogP contribution < -0.4 is 20.2 Å². The lowest BCUT2D eigenvalue weighted by molar-refractivity contribution is -0.145. The Labute approximate surface area is 199 Å². The Hall–Kier alpha value is -3.15. The Kier molecular flexibility index (Phi) is 9.92. The van der Waals surface area contributed by atoms with Gasteiger partial charge in [-0.2, -0.15) is 5.10 Å². The molecule has 10 heteroatoms. The molecule has 0 fully saturated rings. The summed E-state index contributed by atoms with van der Waals surface area (Å²) in [6.45, 7) is 3.68. The highest BCUT2D eigenvalue weighted by Gasteiger charge is 2.14. The number of esters is 1. The number of halogens is 1. The van der Waals surface area contributed by atoms with Gasteiger partial charge in [-0.15, -0.1) is 0 Å². The van der Waals surface area contributed by atoms with E-state index in [2.05, 4.69) is 15.8 Å². The van der Waals surface area contributed by atoms with E-state index in [0.717, 1.165) is 5.56 Å². The second kappa shape index (κ2) is 12.6. The molecule has 0 atom stereocenters. The Bertz CT molecular complexity index is 992. The van der Waals surface area contributed by atoms with Gasteiger partial charge in [0.25, 0.3) is 0 Å². The van der Waals surface area contributed by atoms with E-state index in [-0.39, 0.29) is 19.6 Å². The molecule has 0 aliphatic heterocycles. The first-order valence-electron chi connectivity index (χ1n) is 9.66. The maximum Gasteiger partial charge on any atom is 0.344 e. The van der Waals surface area contributed by atoms with E-state index >= 15 is 0 Å². The Morgan fingerprint density at radius 3 is 2.50 bits per heavy atom. The van der Waals surface area contributed by atoms with Gasteiger partial charge >= 0.3 is 5.97 Å². The molecular weight excluding hydrogens is 529 g/mol. The van der Waals surface area contributed by atoms with Crippen LogP contribution in [0.5, 0.6) is 11.5 Å². The number of hydrogen-bond donors (Lipinski definition) is 2. The van der Waals surface area contributed by atoms with Gasteiger partial charge in [-0.05, 0) is 66.3 Å². The minimum absolute atomic E-state index is 0.242. The van der Waals surface area contributed by atoms with Gasteiger partial charge < -0.3 is 19.5 Å². The molecule has 2 aromatic rings. The zero-order valence-electron chi connectivity index (χ0n) is 17.9. The van der Waals surface area contributed by atoms with Crippen molar-refractivity contribution in [2.24, 2.45) is 5.10 Å². The summed E-state index contributed by atoms with van der Waals surface area (Å²) in [5, 5.41) is 6.53. The number of anilines is 1. The van der Waals surface area contributed by atoms with Crippen LogP contribution in [0.3, 0.4) is 0 Å². The van der Waals surface area contributed by atoms with Gasteiger partial charge in [0.1, 0.15) is 6.42 Å². The summed E-state index contributed by atoms with van der Waals surface area (Å²) < 4.78 is 16.3. The number of ether oxygens (including phenoxy) is 3. The fourth-order valence-corrected chi connectivity index (χ4v) is 3.28. The van der Waals surface area contributed by atoms with Gasteiger partial charge in [0, 0.05) is 5.69 Å². The number of rotatable bonds is 10. The van der Waals surface area contributed by atoms with Gasteiger partial charge in [-0.25, -0.2) is 10.2 Å². The Morgan fingerprint density at radius 1 is 1.12 bits per heavy atom. The van der Waals surface area contributed by atoms with E-state index in [0.29, 0.717) is 26.3 Å². The molecule has 0 aliphatic carbocycles. The number of hydrogen-bond acceptors (Lipinski definition) is 7. The quantitative estimate of drug-likeness (QED) is 0.154. The minimum Gasteiger partial charge on any atom is -0.493 e. The van der Waals surface area contributed by atoms with E-state index in [9.17, 15) is 14.4 Å². The topological polar surface area (TPSA) is 115 Å². The van der Waals surface area contributed by atoms with Crippen molar-refractivity contribution >= 4 is 52.3 Å². The first kappa shape index (κ1) is 25.1. The lowest BCUT2D eigenvalue weighted by Gasteiger charge is -2.13. The van der Waals surface area contributed by atoms with Crippen LogP contribution in [0.4, 0.5) is 5.69 Å². The number of methoxy groups -OCH3 is 1. The molecule has 2 amide bonds. The molecule has 0 aliphatic rings. The van der Waals surface area contributed by atoms with E-state index in [1.165, 1.54) is 13.3 Å². The van der Waals surface area contributed by atoms with Crippen LogP contribution >= 0.6 is 22.6 Å². The van der Waals surface area contributed by atoms with Gasteiger partial charge in [-0.3, -0.25) is 9.59 Å². The average Bonchev–Trinajstić information content (AvgIpc) is 2.74. The molecule has 0 radical (unpaired) electrons. The van der Waals surface area contributed by atoms with E-state index in [1.807, 2.05) is 41.6 Å². The molecule has 0 bridgehead atoms. The number of benzene rings is 2. The van der Waals surface area contributed by atoms with Crippen LogP contribution in [0.2, 0.25) is 0 Å². The number of nitrogens with one attached hydrogen (secondary N) is 2. The first-order chi connectivity index (χ1) is 15.3. The minimum atomic E-state index is -0.554. The Balaban J connectivity index is 1.92. The summed E-state index contributed by atoms with van der Waals surface area (Å²) in [6.07, 6.45) is 1.04. The maximum absolute atomic E-state index is 12.0. The fourth-order valence-electron chi connectivity index (χ4n) is 2.49. The van der Waals surface area contributed by atoms with Crippen molar-refractivity contribution in [1.29, 1.82) is 0 Å². The molecule has 9 nitrogen and oxygen atoms in total. The van der Waals surface area contributed by atoms with Crippen LogP contribution in [0.25, 0.3) is 0 Å². The average molecular weight is 553 g/mol. The number of aryl methyl sites for hydroxylation is 1. The predicted octanol–water partition coefficient (Wildman–Crippen LogP) is 3.03. The van der Waals surface area contributed by atoms with Gasteiger partial charge in [0.15, 0.2) is 18.1 Å². The SMILES string of the molecule is CCOC(=O)COc1c(I)cc(C=NNC(=O)CC(=O)Nc2ccc(C)cc2)cc1OC. The molecule has 0 spiro atoms. The molecule has 2 aromatic carbocycles. The van der Waals surface area contributed by atoms with Crippen molar-refractivity contribution in [2.45, 2.75) is 20.3 Å². The van der Waals surface area contributed by atoms with E-state index in [4.69, 9.17) is 14.2 Å². The third kappa shape index (κ3) is 8.17. The van der Waals surface area contributed by atoms with Crippen LogP contribution in [0.15, 0.2) is 41.5 Å². The molecule has 0 saturated carbocycles. The zero-order valence-corrected chi connectivity index (χ0v) is 20.1. The van der Waals surface area contributed by atoms with Crippen molar-refractivity contribution in [3.05, 3.63) is 51.1 Å². The molecule has 2 rings (SSSR count). The van der Waals surface area contributed by atoms with Gasteiger partial charge in [-0.1, -0.05) is 17.7 Å². The monoisotopic (exact) mass is 553 g/mol. The lowest BCUT2D eigenvalue weighted by Crippen LogP contribution is -2.24. The molecule has 0 heterocycles. The van der Waals surface area contributed by atoms with Crippen molar-refractivity contribution in [3.63, 3.8) is 0 Å². The third-order valence-corrected chi connectivity index (χ3v) is 4.75. The summed E-state index contributed by atoms with van der Waals surface area (Å²) in [5.41, 5.74) is 4.62. The fraction of sp³-hybridized carbons (Fsp3) is 0.273. The van der Waals surface area contributed by atoms with Gasteiger partial charge in [0.2, 0.25) is 11.8 Å². The van der Waals surface area contributed by atoms with Crippen LogP contribution in [-0.2, 0) is 19.1 Å². The molecule has 170 valence electrons. The van der Waals surface area contributed by atoms with Crippen molar-refractivity contribution in [1.82, 2.24) is 5.43 Å². The molecule has 32 heavy (non-hydrogen) atoms. The highest BCUT2D eigenvalue weighted by molar-refractivity contribution is 14.1. The number of carbonyl (C=O) groups excluding carboxylic acids is 3. The number of carbonyl (C=O) groups is 3. The summed E-state index contributed by atoms with van der Waals surface area (Å²) in [5.74, 6) is -0.686. The highest BCUT2D eigenvalue weighted by atomic mass is 127. The number of hydrazone groups is 1. The zero-order chi connectivity index (χ0) is 23.5. The Morgan fingerprint density at radius 2 is 1.84 bits per heavy atom. The molecule has 0 saturated heterocycles. The standard InChI is InChI=1S/C22H24IN3O6/c1-4-31-21(29)13-32-22-17(23)9-15(10-18(22)30-3)12-24-26-20(28)11-19(27)25-16-7-5-14(2)6-8-16/h5-10,12H,4,11,13H2,1-3H3,(H,25,27)(H,26,28). The number of amides is 2.